The second-order valence-corrected chi connectivity index (χ2v) is 9.94. The Morgan fingerprint density at radius 1 is 1.29 bits per heavy atom. The normalized spacial score (nSPS) is 16.2. The van der Waals surface area contributed by atoms with Gasteiger partial charge in [-0.3, -0.25) is 9.59 Å². The van der Waals surface area contributed by atoms with E-state index >= 15 is 0 Å². The minimum absolute atomic E-state index is 0.258. The van der Waals surface area contributed by atoms with Gasteiger partial charge in [0.05, 0.1) is 16.9 Å². The number of carbonyl (C=O) groups excluding carboxylic acids is 2. The molecule has 2 amide bonds. The minimum Gasteiger partial charge on any atom is -0.397 e. The molecule has 0 saturated carbocycles. The number of fused-ring (bicyclic) bond motifs is 2. The molecule has 0 bridgehead atoms. The van der Waals surface area contributed by atoms with Crippen molar-refractivity contribution >= 4 is 44.7 Å². The van der Waals surface area contributed by atoms with Crippen molar-refractivity contribution in [2.45, 2.75) is 46.5 Å². The monoisotopic (exact) mass is 436 g/mol. The standard InChI is InChI=1S/C24H28N4O2S/c1-4-24(2,3)14-9-10-17-13(11-14)12-16-19(25)20(31-23(16)28-17)22(30)27-18-8-6-5-7-15(18)21(26)29/h5-8,12,14H,4,9-11,25H2,1-3H3,(H2,26,29)(H,27,30)/t14-/m1/s1. The molecule has 0 radical (unpaired) electrons. The molecular formula is C24H28N4O2S. The molecule has 4 rings (SSSR count). The maximum absolute atomic E-state index is 13.0. The third-order valence-corrected chi connectivity index (χ3v) is 7.86. The van der Waals surface area contributed by atoms with E-state index in [1.54, 1.807) is 24.3 Å². The number of pyridine rings is 1. The maximum atomic E-state index is 13.0. The number of nitrogens with one attached hydrogen (secondary N) is 1. The van der Waals surface area contributed by atoms with Crippen LogP contribution in [0, 0.1) is 11.3 Å². The van der Waals surface area contributed by atoms with Gasteiger partial charge in [0.25, 0.3) is 11.8 Å². The molecule has 0 saturated heterocycles. The number of nitrogens with zero attached hydrogens (tertiary/aromatic N) is 1. The molecule has 5 N–H and O–H groups in total. The second kappa shape index (κ2) is 7.96. The quantitative estimate of drug-likeness (QED) is 0.535. The molecule has 2 aromatic heterocycles. The van der Waals surface area contributed by atoms with Crippen molar-refractivity contribution in [1.29, 1.82) is 0 Å². The highest BCUT2D eigenvalue weighted by Crippen LogP contribution is 2.42. The second-order valence-electron chi connectivity index (χ2n) is 8.94. The van der Waals surface area contributed by atoms with Crippen LogP contribution in [0.1, 0.15) is 64.9 Å². The van der Waals surface area contributed by atoms with E-state index in [0.29, 0.717) is 22.2 Å². The van der Waals surface area contributed by atoms with Crippen molar-refractivity contribution in [3.05, 3.63) is 52.0 Å². The number of para-hydroxylation sites is 1. The van der Waals surface area contributed by atoms with Gasteiger partial charge in [-0.2, -0.15) is 0 Å². The lowest BCUT2D eigenvalue weighted by Crippen LogP contribution is -2.29. The van der Waals surface area contributed by atoms with Gasteiger partial charge in [0.1, 0.15) is 9.71 Å². The van der Waals surface area contributed by atoms with Crippen molar-refractivity contribution in [1.82, 2.24) is 4.98 Å². The number of aryl methyl sites for hydroxylation is 1. The van der Waals surface area contributed by atoms with E-state index in [9.17, 15) is 9.59 Å². The van der Waals surface area contributed by atoms with Gasteiger partial charge < -0.3 is 16.8 Å². The maximum Gasteiger partial charge on any atom is 0.267 e. The average molecular weight is 437 g/mol. The van der Waals surface area contributed by atoms with Crippen LogP contribution in [0.3, 0.4) is 0 Å². The predicted molar refractivity (Wildman–Crippen MR) is 127 cm³/mol. The molecule has 0 unspecified atom stereocenters. The Labute approximate surface area is 186 Å². The Kier molecular flexibility index (Phi) is 5.47. The van der Waals surface area contributed by atoms with E-state index in [1.165, 1.54) is 16.9 Å². The van der Waals surface area contributed by atoms with E-state index in [2.05, 4.69) is 32.2 Å². The van der Waals surface area contributed by atoms with Crippen LogP contribution in [-0.4, -0.2) is 16.8 Å². The van der Waals surface area contributed by atoms with Gasteiger partial charge in [-0.15, -0.1) is 11.3 Å². The Bertz CT molecular complexity index is 1180. The molecule has 0 fully saturated rings. The number of primary amides is 1. The van der Waals surface area contributed by atoms with E-state index < -0.39 is 5.91 Å². The smallest absolute Gasteiger partial charge is 0.267 e. The first-order valence-corrected chi connectivity index (χ1v) is 11.4. The molecule has 0 aliphatic heterocycles. The van der Waals surface area contributed by atoms with Crippen LogP contribution < -0.4 is 16.8 Å². The van der Waals surface area contributed by atoms with Gasteiger partial charge in [0.2, 0.25) is 0 Å². The molecule has 1 atom stereocenters. The molecule has 7 heteroatoms. The highest BCUT2D eigenvalue weighted by atomic mass is 32.1. The summed E-state index contributed by atoms with van der Waals surface area (Å²) in [6, 6.07) is 8.78. The molecule has 6 nitrogen and oxygen atoms in total. The van der Waals surface area contributed by atoms with E-state index in [1.807, 2.05) is 0 Å². The SMILES string of the molecule is CCC(C)(C)[C@@H]1CCc2nc3sc(C(=O)Nc4ccccc4C(N)=O)c(N)c3cc2C1. The Balaban J connectivity index is 1.66. The molecule has 1 aliphatic carbocycles. The fourth-order valence-corrected chi connectivity index (χ4v) is 5.29. The number of aromatic nitrogens is 1. The Morgan fingerprint density at radius 3 is 2.74 bits per heavy atom. The number of thiophene rings is 1. The third-order valence-electron chi connectivity index (χ3n) is 6.75. The van der Waals surface area contributed by atoms with Crippen LogP contribution in [-0.2, 0) is 12.8 Å². The lowest BCUT2D eigenvalue weighted by atomic mass is 9.69. The van der Waals surface area contributed by atoms with Gasteiger partial charge in [-0.1, -0.05) is 39.3 Å². The number of anilines is 2. The topological polar surface area (TPSA) is 111 Å². The number of benzene rings is 1. The number of amides is 2. The average Bonchev–Trinajstić information content (AvgIpc) is 3.07. The molecule has 3 aromatic rings. The summed E-state index contributed by atoms with van der Waals surface area (Å²) < 4.78 is 0. The number of carbonyl (C=O) groups is 2. The predicted octanol–water partition coefficient (Wildman–Crippen LogP) is 4.77. The van der Waals surface area contributed by atoms with Crippen LogP contribution in [0.15, 0.2) is 30.3 Å². The molecular weight excluding hydrogens is 408 g/mol. The van der Waals surface area contributed by atoms with Crippen molar-refractivity contribution in [3.8, 4) is 0 Å². The summed E-state index contributed by atoms with van der Waals surface area (Å²) in [6.45, 7) is 6.91. The first kappa shape index (κ1) is 21.3. The number of nitrogen functional groups attached to an aromatic ring is 1. The number of nitrogens with two attached hydrogens (primary N) is 2. The number of hydrogen-bond donors (Lipinski definition) is 3. The van der Waals surface area contributed by atoms with Crippen LogP contribution in [0.4, 0.5) is 11.4 Å². The zero-order chi connectivity index (χ0) is 22.3. The summed E-state index contributed by atoms with van der Waals surface area (Å²) in [5, 5.41) is 3.60. The first-order valence-electron chi connectivity index (χ1n) is 10.6. The highest BCUT2D eigenvalue weighted by molar-refractivity contribution is 7.21. The fourth-order valence-electron chi connectivity index (χ4n) is 4.30. The molecule has 1 aliphatic rings. The minimum atomic E-state index is -0.598. The van der Waals surface area contributed by atoms with Crippen molar-refractivity contribution in [2.24, 2.45) is 17.1 Å². The summed E-state index contributed by atoms with van der Waals surface area (Å²) in [4.78, 5) is 30.6. The third kappa shape index (κ3) is 3.90. The van der Waals surface area contributed by atoms with Gasteiger partial charge in [0, 0.05) is 11.1 Å². The lowest BCUT2D eigenvalue weighted by Gasteiger charge is -2.36. The zero-order valence-electron chi connectivity index (χ0n) is 18.1. The molecule has 2 heterocycles. The molecule has 31 heavy (non-hydrogen) atoms. The molecule has 1 aromatic carbocycles. The van der Waals surface area contributed by atoms with Crippen molar-refractivity contribution in [3.63, 3.8) is 0 Å². The zero-order valence-corrected chi connectivity index (χ0v) is 18.9. The largest absolute Gasteiger partial charge is 0.397 e. The van der Waals surface area contributed by atoms with Gasteiger partial charge in [-0.25, -0.2) is 4.98 Å². The summed E-state index contributed by atoms with van der Waals surface area (Å²) in [6.07, 6.45) is 4.21. The van der Waals surface area contributed by atoms with Crippen molar-refractivity contribution in [2.75, 3.05) is 11.1 Å². The van der Waals surface area contributed by atoms with E-state index in [0.717, 1.165) is 41.6 Å². The Morgan fingerprint density at radius 2 is 2.03 bits per heavy atom. The lowest BCUT2D eigenvalue weighted by molar-refractivity contribution is 0.100. The van der Waals surface area contributed by atoms with Gasteiger partial charge >= 0.3 is 0 Å². The van der Waals surface area contributed by atoms with E-state index in [-0.39, 0.29) is 16.9 Å². The van der Waals surface area contributed by atoms with Crippen molar-refractivity contribution < 1.29 is 9.59 Å². The van der Waals surface area contributed by atoms with Gasteiger partial charge in [0.15, 0.2) is 0 Å². The van der Waals surface area contributed by atoms with Crippen LogP contribution >= 0.6 is 11.3 Å². The summed E-state index contributed by atoms with van der Waals surface area (Å²) in [5.74, 6) is -0.353. The highest BCUT2D eigenvalue weighted by Gasteiger charge is 2.32. The van der Waals surface area contributed by atoms with Crippen LogP contribution in [0.25, 0.3) is 10.2 Å². The molecule has 0 spiro atoms. The van der Waals surface area contributed by atoms with Crippen LogP contribution in [0.5, 0.6) is 0 Å². The van der Waals surface area contributed by atoms with Gasteiger partial charge in [-0.05, 0) is 54.4 Å². The summed E-state index contributed by atoms with van der Waals surface area (Å²) in [7, 11) is 0. The summed E-state index contributed by atoms with van der Waals surface area (Å²) in [5.41, 5.74) is 15.5. The summed E-state index contributed by atoms with van der Waals surface area (Å²) >= 11 is 1.28. The first-order chi connectivity index (χ1) is 14.7. The fraction of sp³-hybridized carbons (Fsp3) is 0.375. The number of rotatable bonds is 5. The Hall–Kier alpha value is -2.93. The molecule has 162 valence electrons. The number of hydrogen-bond acceptors (Lipinski definition) is 5. The van der Waals surface area contributed by atoms with Crippen LogP contribution in [0.2, 0.25) is 0 Å². The van der Waals surface area contributed by atoms with E-state index in [4.69, 9.17) is 16.5 Å².